The summed E-state index contributed by atoms with van der Waals surface area (Å²) >= 11 is 0. The zero-order valence-electron chi connectivity index (χ0n) is 10.9. The number of aldehydes is 1. The zero-order chi connectivity index (χ0) is 15.6. The third-order valence-corrected chi connectivity index (χ3v) is 3.36. The smallest absolute Gasteiger partial charge is 0.303 e. The van der Waals surface area contributed by atoms with Crippen LogP contribution in [-0.2, 0) is 4.79 Å². The molecule has 7 heteroatoms. The first-order valence-electron chi connectivity index (χ1n) is 6.33. The number of hydrogen-bond acceptors (Lipinski definition) is 3. The lowest BCUT2D eigenvalue weighted by molar-refractivity contribution is -0.175. The molecule has 21 heavy (non-hydrogen) atoms. The van der Waals surface area contributed by atoms with Crippen molar-refractivity contribution in [3.63, 3.8) is 0 Å². The molecule has 4 nitrogen and oxygen atoms in total. The van der Waals surface area contributed by atoms with Crippen LogP contribution < -0.4 is 0 Å². The standard InChI is InChI=1S/C14H12F3NO3/c15-14(16,17)9(8-19)4-3-7-18-12(20)10-5-1-2-6-11(10)13(18)21/h1-2,5-6,8-9H,3-4,7H2/t9-/m0/s1. The molecule has 0 aliphatic carbocycles. The zero-order valence-corrected chi connectivity index (χ0v) is 10.9. The molecule has 1 aromatic rings. The summed E-state index contributed by atoms with van der Waals surface area (Å²) in [5.41, 5.74) is 0.510. The summed E-state index contributed by atoms with van der Waals surface area (Å²) in [4.78, 5) is 35.3. The molecule has 0 saturated heterocycles. The van der Waals surface area contributed by atoms with Gasteiger partial charge in [-0.15, -0.1) is 0 Å². The number of alkyl halides is 3. The first-order chi connectivity index (χ1) is 9.86. The average Bonchev–Trinajstić information content (AvgIpc) is 2.67. The van der Waals surface area contributed by atoms with Gasteiger partial charge in [0.2, 0.25) is 0 Å². The Bertz CT molecular complexity index is 548. The number of amides is 2. The fourth-order valence-electron chi connectivity index (χ4n) is 2.22. The highest BCUT2D eigenvalue weighted by Crippen LogP contribution is 2.29. The van der Waals surface area contributed by atoms with Gasteiger partial charge in [0.15, 0.2) is 0 Å². The maximum atomic E-state index is 12.4. The van der Waals surface area contributed by atoms with Gasteiger partial charge in [0, 0.05) is 6.54 Å². The molecule has 1 atom stereocenters. The van der Waals surface area contributed by atoms with E-state index in [1.165, 1.54) is 12.1 Å². The van der Waals surface area contributed by atoms with E-state index in [0.717, 1.165) is 4.90 Å². The van der Waals surface area contributed by atoms with Crippen molar-refractivity contribution in [3.8, 4) is 0 Å². The van der Waals surface area contributed by atoms with E-state index in [2.05, 4.69) is 0 Å². The van der Waals surface area contributed by atoms with Gasteiger partial charge < -0.3 is 4.79 Å². The predicted molar refractivity (Wildman–Crippen MR) is 66.7 cm³/mol. The van der Waals surface area contributed by atoms with E-state index in [0.29, 0.717) is 0 Å². The lowest BCUT2D eigenvalue weighted by Gasteiger charge is -2.17. The molecule has 1 aliphatic rings. The summed E-state index contributed by atoms with van der Waals surface area (Å²) in [6.07, 6.45) is -5.26. The summed E-state index contributed by atoms with van der Waals surface area (Å²) in [6.45, 7) is -0.132. The first kappa shape index (κ1) is 15.2. The predicted octanol–water partition coefficient (Wildman–Crippen LogP) is 2.44. The highest BCUT2D eigenvalue weighted by molar-refractivity contribution is 6.21. The minimum absolute atomic E-state index is 0.0750. The molecule has 1 aliphatic heterocycles. The Morgan fingerprint density at radius 3 is 2.05 bits per heavy atom. The van der Waals surface area contributed by atoms with Crippen molar-refractivity contribution in [2.24, 2.45) is 5.92 Å². The van der Waals surface area contributed by atoms with Crippen molar-refractivity contribution in [2.45, 2.75) is 19.0 Å². The number of hydrogen-bond donors (Lipinski definition) is 0. The second-order valence-corrected chi connectivity index (χ2v) is 4.73. The fraction of sp³-hybridized carbons (Fsp3) is 0.357. The van der Waals surface area contributed by atoms with Crippen LogP contribution in [0.25, 0.3) is 0 Å². The van der Waals surface area contributed by atoms with Crippen LogP contribution in [-0.4, -0.2) is 35.7 Å². The Labute approximate surface area is 118 Å². The minimum atomic E-state index is -4.59. The van der Waals surface area contributed by atoms with Crippen molar-refractivity contribution in [2.75, 3.05) is 6.54 Å². The third kappa shape index (κ3) is 2.96. The van der Waals surface area contributed by atoms with Crippen LogP contribution >= 0.6 is 0 Å². The number of fused-ring (bicyclic) bond motifs is 1. The van der Waals surface area contributed by atoms with Gasteiger partial charge in [0.25, 0.3) is 11.8 Å². The van der Waals surface area contributed by atoms with Gasteiger partial charge in [-0.25, -0.2) is 0 Å². The number of halogens is 3. The van der Waals surface area contributed by atoms with Gasteiger partial charge in [0.1, 0.15) is 12.2 Å². The Kier molecular flexibility index (Phi) is 4.11. The molecule has 0 aromatic heterocycles. The SMILES string of the molecule is O=C[C@H](CCCN1C(=O)c2ccccc2C1=O)C(F)(F)F. The van der Waals surface area contributed by atoms with Crippen LogP contribution in [0.5, 0.6) is 0 Å². The summed E-state index contributed by atoms with van der Waals surface area (Å²) < 4.78 is 37.2. The molecule has 0 N–H and O–H groups in total. The molecule has 112 valence electrons. The lowest BCUT2D eigenvalue weighted by atomic mass is 10.0. The minimum Gasteiger partial charge on any atom is -0.303 e. The monoisotopic (exact) mass is 299 g/mol. The molecule has 0 radical (unpaired) electrons. The molecule has 0 fully saturated rings. The fourth-order valence-corrected chi connectivity index (χ4v) is 2.22. The molecular weight excluding hydrogens is 287 g/mol. The van der Waals surface area contributed by atoms with Crippen molar-refractivity contribution < 1.29 is 27.6 Å². The number of carbonyl (C=O) groups is 3. The van der Waals surface area contributed by atoms with Gasteiger partial charge in [-0.2, -0.15) is 13.2 Å². The number of nitrogens with zero attached hydrogens (tertiary/aromatic N) is 1. The Morgan fingerprint density at radius 1 is 1.10 bits per heavy atom. The number of benzene rings is 1. The largest absolute Gasteiger partial charge is 0.398 e. The summed E-state index contributed by atoms with van der Waals surface area (Å²) in [5, 5.41) is 0. The van der Waals surface area contributed by atoms with E-state index in [1.807, 2.05) is 0 Å². The van der Waals surface area contributed by atoms with Crippen LogP contribution in [0.2, 0.25) is 0 Å². The van der Waals surface area contributed by atoms with Crippen LogP contribution in [0.3, 0.4) is 0 Å². The van der Waals surface area contributed by atoms with Crippen molar-refractivity contribution >= 4 is 18.1 Å². The second kappa shape index (κ2) is 5.67. The Balaban J connectivity index is 1.98. The van der Waals surface area contributed by atoms with Crippen LogP contribution in [0.4, 0.5) is 13.2 Å². The topological polar surface area (TPSA) is 54.5 Å². The van der Waals surface area contributed by atoms with Crippen LogP contribution in [0, 0.1) is 5.92 Å². The third-order valence-electron chi connectivity index (χ3n) is 3.36. The van der Waals surface area contributed by atoms with E-state index >= 15 is 0 Å². The molecule has 2 amide bonds. The lowest BCUT2D eigenvalue weighted by Crippen LogP contribution is -2.32. The summed E-state index contributed by atoms with van der Waals surface area (Å²) in [5.74, 6) is -3.08. The first-order valence-corrected chi connectivity index (χ1v) is 6.33. The Morgan fingerprint density at radius 2 is 1.62 bits per heavy atom. The molecular formula is C14H12F3NO3. The maximum absolute atomic E-state index is 12.4. The van der Waals surface area contributed by atoms with E-state index < -0.39 is 30.3 Å². The Hall–Kier alpha value is -2.18. The second-order valence-electron chi connectivity index (χ2n) is 4.73. The highest BCUT2D eigenvalue weighted by atomic mass is 19.4. The van der Waals surface area contributed by atoms with Crippen molar-refractivity contribution in [1.82, 2.24) is 4.90 Å². The van der Waals surface area contributed by atoms with Gasteiger partial charge >= 0.3 is 6.18 Å². The van der Waals surface area contributed by atoms with E-state index in [9.17, 15) is 27.6 Å². The van der Waals surface area contributed by atoms with Crippen molar-refractivity contribution in [1.29, 1.82) is 0 Å². The van der Waals surface area contributed by atoms with E-state index in [-0.39, 0.29) is 30.4 Å². The molecule has 2 rings (SSSR count). The summed E-state index contributed by atoms with van der Waals surface area (Å²) in [7, 11) is 0. The quantitative estimate of drug-likeness (QED) is 0.620. The maximum Gasteiger partial charge on any atom is 0.398 e. The van der Waals surface area contributed by atoms with E-state index in [1.54, 1.807) is 12.1 Å². The normalized spacial score (nSPS) is 16.0. The molecule has 0 unspecified atom stereocenters. The van der Waals surface area contributed by atoms with Gasteiger partial charge in [-0.3, -0.25) is 14.5 Å². The molecule has 0 bridgehead atoms. The number of carbonyl (C=O) groups excluding carboxylic acids is 3. The van der Waals surface area contributed by atoms with Gasteiger partial charge in [0.05, 0.1) is 11.1 Å². The highest BCUT2D eigenvalue weighted by Gasteiger charge is 2.40. The van der Waals surface area contributed by atoms with E-state index in [4.69, 9.17) is 0 Å². The van der Waals surface area contributed by atoms with Gasteiger partial charge in [-0.05, 0) is 25.0 Å². The van der Waals surface area contributed by atoms with Crippen molar-refractivity contribution in [3.05, 3.63) is 35.4 Å². The summed E-state index contributed by atoms with van der Waals surface area (Å²) in [6, 6.07) is 6.22. The van der Waals surface area contributed by atoms with Crippen LogP contribution in [0.1, 0.15) is 33.6 Å². The number of rotatable bonds is 5. The average molecular weight is 299 g/mol. The van der Waals surface area contributed by atoms with Gasteiger partial charge in [-0.1, -0.05) is 12.1 Å². The molecule has 1 aromatic carbocycles. The number of imide groups is 1. The van der Waals surface area contributed by atoms with Crippen LogP contribution in [0.15, 0.2) is 24.3 Å². The molecule has 0 saturated carbocycles. The molecule has 1 heterocycles. The molecule has 0 spiro atoms.